The average Bonchev–Trinajstić information content (AvgIpc) is 2.34. The zero-order chi connectivity index (χ0) is 13.8. The van der Waals surface area contributed by atoms with E-state index < -0.39 is 5.82 Å². The molecule has 0 aliphatic rings. The number of thiocarbonyl (C=S) groups is 1. The van der Waals surface area contributed by atoms with Crippen LogP contribution in [0.2, 0.25) is 5.02 Å². The summed E-state index contributed by atoms with van der Waals surface area (Å²) in [7, 11) is 0. The second kappa shape index (κ2) is 6.27. The number of anilines is 2. The zero-order valence-corrected chi connectivity index (χ0v) is 12.6. The van der Waals surface area contributed by atoms with Crippen LogP contribution in [-0.4, -0.2) is 10.1 Å². The van der Waals surface area contributed by atoms with E-state index in [2.05, 4.69) is 31.5 Å². The molecule has 19 heavy (non-hydrogen) atoms. The normalized spacial score (nSPS) is 10.1. The fourth-order valence-corrected chi connectivity index (χ4v) is 2.06. The lowest BCUT2D eigenvalue weighted by molar-refractivity contribution is 0.628. The molecule has 0 amide bonds. The highest BCUT2D eigenvalue weighted by Crippen LogP contribution is 2.19. The van der Waals surface area contributed by atoms with Crippen LogP contribution in [0, 0.1) is 5.82 Å². The van der Waals surface area contributed by atoms with Gasteiger partial charge in [-0.15, -0.1) is 0 Å². The van der Waals surface area contributed by atoms with Crippen molar-refractivity contribution < 1.29 is 4.39 Å². The van der Waals surface area contributed by atoms with Gasteiger partial charge in [0.05, 0.1) is 5.02 Å². The molecule has 0 atom stereocenters. The molecule has 0 saturated heterocycles. The van der Waals surface area contributed by atoms with Crippen molar-refractivity contribution in [3.63, 3.8) is 0 Å². The first-order valence-electron chi connectivity index (χ1n) is 5.19. The van der Waals surface area contributed by atoms with Gasteiger partial charge in [0.1, 0.15) is 11.6 Å². The minimum atomic E-state index is -0.472. The van der Waals surface area contributed by atoms with Crippen LogP contribution in [0.15, 0.2) is 41.0 Å². The van der Waals surface area contributed by atoms with Crippen molar-refractivity contribution in [2.45, 2.75) is 0 Å². The Hall–Kier alpha value is -1.24. The fraction of sp³-hybridized carbons (Fsp3) is 0. The molecule has 1 aromatic carbocycles. The molecule has 0 fully saturated rings. The minimum absolute atomic E-state index is 0.0355. The van der Waals surface area contributed by atoms with Crippen molar-refractivity contribution in [2.75, 3.05) is 10.6 Å². The molecule has 0 aliphatic heterocycles. The van der Waals surface area contributed by atoms with Crippen molar-refractivity contribution in [1.29, 1.82) is 0 Å². The largest absolute Gasteiger partial charge is 0.332 e. The first-order valence-corrected chi connectivity index (χ1v) is 6.77. The summed E-state index contributed by atoms with van der Waals surface area (Å²) in [5, 5.41) is 6.18. The summed E-state index contributed by atoms with van der Waals surface area (Å²) >= 11 is 14.1. The summed E-state index contributed by atoms with van der Waals surface area (Å²) in [4.78, 5) is 4.10. The topological polar surface area (TPSA) is 37.0 Å². The highest BCUT2D eigenvalue weighted by Gasteiger charge is 2.03. The Morgan fingerprint density at radius 1 is 1.26 bits per heavy atom. The van der Waals surface area contributed by atoms with Gasteiger partial charge in [0.25, 0.3) is 0 Å². The Morgan fingerprint density at radius 3 is 2.74 bits per heavy atom. The van der Waals surface area contributed by atoms with Gasteiger partial charge >= 0.3 is 0 Å². The third-order valence-electron chi connectivity index (χ3n) is 2.14. The van der Waals surface area contributed by atoms with Gasteiger partial charge in [0.2, 0.25) is 0 Å². The molecule has 2 aromatic rings. The van der Waals surface area contributed by atoms with Gasteiger partial charge in [0.15, 0.2) is 5.11 Å². The summed E-state index contributed by atoms with van der Waals surface area (Å²) in [5.41, 5.74) is 0.596. The van der Waals surface area contributed by atoms with Gasteiger partial charge in [-0.1, -0.05) is 27.5 Å². The van der Waals surface area contributed by atoms with E-state index in [1.54, 1.807) is 24.4 Å². The molecule has 1 aromatic heterocycles. The van der Waals surface area contributed by atoms with Gasteiger partial charge in [-0.3, -0.25) is 0 Å². The van der Waals surface area contributed by atoms with E-state index >= 15 is 0 Å². The van der Waals surface area contributed by atoms with Gasteiger partial charge < -0.3 is 10.6 Å². The SMILES string of the molecule is Fc1ccc(NC(=S)Nc2cc(Br)ccn2)cc1Cl. The molecular formula is C12H8BrClFN3S. The monoisotopic (exact) mass is 359 g/mol. The maximum Gasteiger partial charge on any atom is 0.176 e. The summed E-state index contributed by atoms with van der Waals surface area (Å²) in [6.07, 6.45) is 1.64. The Bertz CT molecular complexity index is 624. The van der Waals surface area contributed by atoms with Crippen LogP contribution >= 0.6 is 39.7 Å². The van der Waals surface area contributed by atoms with E-state index in [-0.39, 0.29) is 5.02 Å². The lowest BCUT2D eigenvalue weighted by atomic mass is 10.3. The van der Waals surface area contributed by atoms with Gasteiger partial charge in [-0.05, 0) is 42.5 Å². The molecule has 2 N–H and O–H groups in total. The smallest absolute Gasteiger partial charge is 0.176 e. The van der Waals surface area contributed by atoms with Crippen molar-refractivity contribution in [3.05, 3.63) is 51.8 Å². The number of hydrogen-bond donors (Lipinski definition) is 2. The highest BCUT2D eigenvalue weighted by molar-refractivity contribution is 9.10. The number of nitrogens with zero attached hydrogens (tertiary/aromatic N) is 1. The van der Waals surface area contributed by atoms with Crippen molar-refractivity contribution in [3.8, 4) is 0 Å². The lowest BCUT2D eigenvalue weighted by Gasteiger charge is -2.10. The van der Waals surface area contributed by atoms with E-state index in [9.17, 15) is 4.39 Å². The van der Waals surface area contributed by atoms with Gasteiger partial charge in [-0.2, -0.15) is 0 Å². The van der Waals surface area contributed by atoms with E-state index in [4.69, 9.17) is 23.8 Å². The molecule has 0 saturated carbocycles. The van der Waals surface area contributed by atoms with Crippen LogP contribution in [0.25, 0.3) is 0 Å². The zero-order valence-electron chi connectivity index (χ0n) is 9.45. The van der Waals surface area contributed by atoms with Gasteiger partial charge in [-0.25, -0.2) is 9.37 Å². The molecule has 0 unspecified atom stereocenters. The van der Waals surface area contributed by atoms with Gasteiger partial charge in [0, 0.05) is 16.4 Å². The third-order valence-corrected chi connectivity index (χ3v) is 3.13. The molecular weight excluding hydrogens is 353 g/mol. The minimum Gasteiger partial charge on any atom is -0.332 e. The molecule has 2 rings (SSSR count). The first-order chi connectivity index (χ1) is 9.04. The summed E-state index contributed by atoms with van der Waals surface area (Å²) < 4.78 is 13.9. The number of nitrogens with one attached hydrogen (secondary N) is 2. The number of hydrogen-bond acceptors (Lipinski definition) is 2. The number of aromatic nitrogens is 1. The van der Waals surface area contributed by atoms with Crippen LogP contribution < -0.4 is 10.6 Å². The molecule has 0 spiro atoms. The molecule has 1 heterocycles. The molecule has 0 aliphatic carbocycles. The predicted molar refractivity (Wildman–Crippen MR) is 83.2 cm³/mol. The Morgan fingerprint density at radius 2 is 2.05 bits per heavy atom. The molecule has 98 valence electrons. The lowest BCUT2D eigenvalue weighted by Crippen LogP contribution is -2.19. The van der Waals surface area contributed by atoms with Crippen molar-refractivity contribution in [1.82, 2.24) is 4.98 Å². The van der Waals surface area contributed by atoms with Crippen molar-refractivity contribution in [2.24, 2.45) is 0 Å². The van der Waals surface area contributed by atoms with Crippen LogP contribution in [-0.2, 0) is 0 Å². The fourth-order valence-electron chi connectivity index (χ4n) is 1.33. The second-order valence-corrected chi connectivity index (χ2v) is 5.30. The van der Waals surface area contributed by atoms with Crippen LogP contribution in [0.5, 0.6) is 0 Å². The van der Waals surface area contributed by atoms with E-state index in [0.29, 0.717) is 16.6 Å². The average molecular weight is 361 g/mol. The Labute approximate surface area is 128 Å². The molecule has 0 radical (unpaired) electrons. The second-order valence-electron chi connectivity index (χ2n) is 3.57. The van der Waals surface area contributed by atoms with E-state index in [0.717, 1.165) is 4.47 Å². The maximum atomic E-state index is 13.0. The summed E-state index contributed by atoms with van der Waals surface area (Å²) in [6.45, 7) is 0. The third kappa shape index (κ3) is 4.12. The van der Waals surface area contributed by atoms with Crippen LogP contribution in [0.4, 0.5) is 15.9 Å². The highest BCUT2D eigenvalue weighted by atomic mass is 79.9. The quantitative estimate of drug-likeness (QED) is 0.776. The molecule has 7 heteroatoms. The number of halogens is 3. The van der Waals surface area contributed by atoms with Crippen LogP contribution in [0.3, 0.4) is 0 Å². The number of rotatable bonds is 2. The standard InChI is InChI=1S/C12H8BrClFN3S/c13-7-3-4-16-11(5-7)18-12(19)17-8-1-2-10(15)9(14)6-8/h1-6H,(H2,16,17,18,19). The maximum absolute atomic E-state index is 13.0. The predicted octanol–water partition coefficient (Wildman–Crippen LogP) is 4.45. The summed E-state index contributed by atoms with van der Waals surface area (Å²) in [5.74, 6) is 0.125. The number of pyridine rings is 1. The Balaban J connectivity index is 2.03. The molecule has 0 bridgehead atoms. The van der Waals surface area contributed by atoms with E-state index in [1.165, 1.54) is 12.1 Å². The van der Waals surface area contributed by atoms with Crippen LogP contribution in [0.1, 0.15) is 0 Å². The first kappa shape index (κ1) is 14.2. The van der Waals surface area contributed by atoms with E-state index in [1.807, 2.05) is 0 Å². The Kier molecular flexibility index (Phi) is 4.68. The number of benzene rings is 1. The van der Waals surface area contributed by atoms with Crippen molar-refractivity contribution >= 4 is 56.4 Å². The molecule has 3 nitrogen and oxygen atoms in total. The summed E-state index contributed by atoms with van der Waals surface area (Å²) in [6, 6.07) is 7.86.